The fraction of sp³-hybridized carbons (Fsp3) is 0.438. The van der Waals surface area contributed by atoms with Crippen LogP contribution < -0.4 is 9.44 Å². The summed E-state index contributed by atoms with van der Waals surface area (Å²) in [7, 11) is -4.01. The molecule has 3 aliphatic rings. The zero-order valence-corrected chi connectivity index (χ0v) is 25.0. The number of amides is 2. The van der Waals surface area contributed by atoms with E-state index in [4.69, 9.17) is 4.74 Å². The molecule has 0 atom stereocenters. The normalized spacial score (nSPS) is 17.9. The molecule has 2 aromatic carbocycles. The van der Waals surface area contributed by atoms with Crippen molar-refractivity contribution in [1.29, 1.82) is 0 Å². The van der Waals surface area contributed by atoms with Crippen LogP contribution in [0.5, 0.6) is 0 Å². The molecule has 222 valence electrons. The summed E-state index contributed by atoms with van der Waals surface area (Å²) in [6, 6.07) is 13.3. The topological polar surface area (TPSA) is 110 Å². The number of rotatable bonds is 6. The minimum atomic E-state index is -4.01. The lowest BCUT2D eigenvalue weighted by Gasteiger charge is -2.28. The highest BCUT2D eigenvalue weighted by atomic mass is 32.2. The molecule has 2 aliphatic heterocycles. The fourth-order valence-electron chi connectivity index (χ4n) is 6.64. The maximum absolute atomic E-state index is 13.8. The average molecular weight is 591 g/mol. The Kier molecular flexibility index (Phi) is 7.95. The summed E-state index contributed by atoms with van der Waals surface area (Å²) in [5.74, 6) is -0.354. The van der Waals surface area contributed by atoms with E-state index in [2.05, 4.69) is 26.1 Å². The molecule has 2 fully saturated rings. The molecule has 2 N–H and O–H groups in total. The lowest BCUT2D eigenvalue weighted by atomic mass is 9.81. The first-order chi connectivity index (χ1) is 20.2. The second-order valence-corrected chi connectivity index (χ2v) is 13.2. The van der Waals surface area contributed by atoms with Gasteiger partial charge in [0.15, 0.2) is 0 Å². The van der Waals surface area contributed by atoms with Crippen molar-refractivity contribution in [2.45, 2.75) is 64.5 Å². The van der Waals surface area contributed by atoms with Crippen LogP contribution in [0.1, 0.15) is 73.4 Å². The largest absolute Gasteiger partial charge is 0.378 e. The van der Waals surface area contributed by atoms with Crippen molar-refractivity contribution < 1.29 is 22.7 Å². The Morgan fingerprint density at radius 1 is 1.00 bits per heavy atom. The molecular formula is C32H38N4O5S. The Bertz CT molecular complexity index is 1660. The summed E-state index contributed by atoms with van der Waals surface area (Å²) in [4.78, 5) is 28.9. The first-order valence-electron chi connectivity index (χ1n) is 14.9. The Balaban J connectivity index is 1.51. The van der Waals surface area contributed by atoms with Crippen LogP contribution in [-0.4, -0.2) is 62.0 Å². The van der Waals surface area contributed by atoms with Gasteiger partial charge in [0.25, 0.3) is 11.8 Å². The predicted molar refractivity (Wildman–Crippen MR) is 163 cm³/mol. The SMILES string of the molecule is CC(C)NS(=O)(=O)NC(=O)c1ccc2c(C3CCCCC3)c3n(c2c1)CC(C(=O)N1CCOCC1)=Cc1ccccc1-3. The number of hydrogen-bond donors (Lipinski definition) is 2. The Labute approximate surface area is 247 Å². The molecule has 0 radical (unpaired) electrons. The van der Waals surface area contributed by atoms with Crippen molar-refractivity contribution in [2.24, 2.45) is 0 Å². The van der Waals surface area contributed by atoms with Gasteiger partial charge < -0.3 is 14.2 Å². The van der Waals surface area contributed by atoms with Crippen LogP contribution in [0.25, 0.3) is 28.2 Å². The molecule has 0 bridgehead atoms. The molecule has 1 saturated heterocycles. The third-order valence-electron chi connectivity index (χ3n) is 8.44. The van der Waals surface area contributed by atoms with Gasteiger partial charge >= 0.3 is 10.2 Å². The molecule has 1 aliphatic carbocycles. The van der Waals surface area contributed by atoms with E-state index in [0.717, 1.165) is 40.6 Å². The van der Waals surface area contributed by atoms with Crippen LogP contribution in [0.15, 0.2) is 48.0 Å². The van der Waals surface area contributed by atoms with Crippen molar-refractivity contribution in [2.75, 3.05) is 26.3 Å². The van der Waals surface area contributed by atoms with E-state index in [1.165, 1.54) is 24.8 Å². The van der Waals surface area contributed by atoms with Crippen LogP contribution in [-0.2, 0) is 26.3 Å². The summed E-state index contributed by atoms with van der Waals surface area (Å²) >= 11 is 0. The minimum absolute atomic E-state index is 0.0122. The standard InChI is InChI=1S/C32H38N4O5S/c1-21(2)33-42(39,40)34-31(37)24-12-13-27-28(19-24)36-20-25(32(38)35-14-16-41-17-15-35)18-23-10-6-7-11-26(23)30(36)29(27)22-8-4-3-5-9-22/h6-7,10-13,18-19,21-22,33H,3-5,8-9,14-17,20H2,1-2H3,(H,34,37). The summed E-state index contributed by atoms with van der Waals surface area (Å²) in [6.45, 7) is 5.88. The van der Waals surface area contributed by atoms with E-state index >= 15 is 0 Å². The predicted octanol–water partition coefficient (Wildman–Crippen LogP) is 4.58. The molecule has 42 heavy (non-hydrogen) atoms. The summed E-state index contributed by atoms with van der Waals surface area (Å²) in [5.41, 5.74) is 6.14. The number of carbonyl (C=O) groups is 2. The molecule has 0 unspecified atom stereocenters. The molecule has 1 aromatic heterocycles. The summed E-state index contributed by atoms with van der Waals surface area (Å²) in [6.07, 6.45) is 7.74. The van der Waals surface area contributed by atoms with Crippen molar-refractivity contribution in [3.63, 3.8) is 0 Å². The first-order valence-corrected chi connectivity index (χ1v) is 16.4. The van der Waals surface area contributed by atoms with Gasteiger partial charge in [-0.05, 0) is 61.9 Å². The van der Waals surface area contributed by atoms with E-state index < -0.39 is 16.1 Å². The van der Waals surface area contributed by atoms with Gasteiger partial charge in [0, 0.05) is 46.7 Å². The average Bonchev–Trinajstić information content (AvgIpc) is 3.19. The van der Waals surface area contributed by atoms with Gasteiger partial charge in [-0.1, -0.05) is 49.6 Å². The number of fused-ring (bicyclic) bond motifs is 5. The Hall–Kier alpha value is -3.47. The van der Waals surface area contributed by atoms with Gasteiger partial charge in [0.05, 0.1) is 25.5 Å². The molecule has 9 nitrogen and oxygen atoms in total. The molecule has 1 saturated carbocycles. The molecule has 0 spiro atoms. The quantitative estimate of drug-likeness (QED) is 0.437. The van der Waals surface area contributed by atoms with Crippen molar-refractivity contribution >= 4 is 39.0 Å². The maximum Gasteiger partial charge on any atom is 0.301 e. The molecule has 2 amide bonds. The van der Waals surface area contributed by atoms with Crippen LogP contribution in [0, 0.1) is 0 Å². The lowest BCUT2D eigenvalue weighted by molar-refractivity contribution is -0.131. The number of carbonyl (C=O) groups excluding carboxylic acids is 2. The third kappa shape index (κ3) is 5.63. The van der Waals surface area contributed by atoms with Crippen molar-refractivity contribution in [3.05, 3.63) is 64.7 Å². The van der Waals surface area contributed by atoms with Crippen LogP contribution in [0.2, 0.25) is 0 Å². The zero-order chi connectivity index (χ0) is 29.4. The molecule has 3 heterocycles. The number of ether oxygens (including phenoxy) is 1. The van der Waals surface area contributed by atoms with Crippen LogP contribution >= 0.6 is 0 Å². The first kappa shape index (κ1) is 28.6. The number of nitrogens with one attached hydrogen (secondary N) is 2. The number of nitrogens with zero attached hydrogens (tertiary/aromatic N) is 2. The fourth-order valence-corrected chi connectivity index (χ4v) is 7.68. The number of hydrogen-bond acceptors (Lipinski definition) is 5. The van der Waals surface area contributed by atoms with Gasteiger partial charge in [-0.2, -0.15) is 13.1 Å². The van der Waals surface area contributed by atoms with Gasteiger partial charge in [-0.3, -0.25) is 9.59 Å². The number of morpholine rings is 1. The zero-order valence-electron chi connectivity index (χ0n) is 24.2. The monoisotopic (exact) mass is 590 g/mol. The van der Waals surface area contributed by atoms with Gasteiger partial charge in [-0.25, -0.2) is 4.72 Å². The molecule has 10 heteroatoms. The summed E-state index contributed by atoms with van der Waals surface area (Å²) < 4.78 is 37.2. The van der Waals surface area contributed by atoms with Gasteiger partial charge in [0.1, 0.15) is 0 Å². The molecule has 6 rings (SSSR count). The van der Waals surface area contributed by atoms with Crippen molar-refractivity contribution in [1.82, 2.24) is 18.9 Å². The smallest absolute Gasteiger partial charge is 0.301 e. The van der Waals surface area contributed by atoms with Crippen LogP contribution in [0.4, 0.5) is 0 Å². The van der Waals surface area contributed by atoms with E-state index in [1.54, 1.807) is 26.0 Å². The van der Waals surface area contributed by atoms with E-state index in [1.807, 2.05) is 29.2 Å². The second kappa shape index (κ2) is 11.7. The van der Waals surface area contributed by atoms with Crippen molar-refractivity contribution in [3.8, 4) is 11.3 Å². The number of benzene rings is 2. The highest BCUT2D eigenvalue weighted by Crippen LogP contribution is 2.46. The van der Waals surface area contributed by atoms with Gasteiger partial charge in [-0.15, -0.1) is 0 Å². The van der Waals surface area contributed by atoms with E-state index in [9.17, 15) is 18.0 Å². The molecular weight excluding hydrogens is 552 g/mol. The highest BCUT2D eigenvalue weighted by molar-refractivity contribution is 7.88. The number of aromatic nitrogens is 1. The van der Waals surface area contributed by atoms with E-state index in [-0.39, 0.29) is 17.5 Å². The minimum Gasteiger partial charge on any atom is -0.378 e. The Morgan fingerprint density at radius 3 is 2.48 bits per heavy atom. The highest BCUT2D eigenvalue weighted by Gasteiger charge is 2.31. The van der Waals surface area contributed by atoms with Gasteiger partial charge in [0.2, 0.25) is 0 Å². The van der Waals surface area contributed by atoms with E-state index in [0.29, 0.717) is 44.3 Å². The maximum atomic E-state index is 13.8. The Morgan fingerprint density at radius 2 is 1.74 bits per heavy atom. The third-order valence-corrected chi connectivity index (χ3v) is 9.68. The molecule has 3 aromatic rings. The second-order valence-electron chi connectivity index (χ2n) is 11.8. The summed E-state index contributed by atoms with van der Waals surface area (Å²) in [5, 5.41) is 1.05. The lowest BCUT2D eigenvalue weighted by Crippen LogP contribution is -2.43. The van der Waals surface area contributed by atoms with Crippen LogP contribution in [0.3, 0.4) is 0 Å².